The van der Waals surface area contributed by atoms with Gasteiger partial charge < -0.3 is 10.6 Å². The van der Waals surface area contributed by atoms with E-state index in [2.05, 4.69) is 27.6 Å². The molecule has 33 heavy (non-hydrogen) atoms. The van der Waals surface area contributed by atoms with E-state index < -0.39 is 12.2 Å². The number of fused-ring (bicyclic) bond motifs is 1. The summed E-state index contributed by atoms with van der Waals surface area (Å²) in [6.07, 6.45) is 4.18. The van der Waals surface area contributed by atoms with E-state index >= 15 is 0 Å². The highest BCUT2D eigenvalue weighted by atomic mass is 19.1. The van der Waals surface area contributed by atoms with Gasteiger partial charge in [0.1, 0.15) is 11.9 Å². The van der Waals surface area contributed by atoms with Crippen molar-refractivity contribution in [1.82, 2.24) is 30.4 Å². The Morgan fingerprint density at radius 1 is 1.15 bits per heavy atom. The normalized spacial score (nSPS) is 18.1. The minimum absolute atomic E-state index is 0.243. The first-order valence-electron chi connectivity index (χ1n) is 10.9. The van der Waals surface area contributed by atoms with Crippen LogP contribution < -0.4 is 10.6 Å². The number of nitrogens with one attached hydrogen (secondary N) is 2. The summed E-state index contributed by atoms with van der Waals surface area (Å²) in [5.74, 6) is -0.384. The molecule has 2 N–H and O–H groups in total. The van der Waals surface area contributed by atoms with Crippen molar-refractivity contribution in [2.45, 2.75) is 26.1 Å². The lowest BCUT2D eigenvalue weighted by molar-refractivity contribution is 0.0919. The number of hydrogen-bond donors (Lipinski definition) is 2. The number of carbonyl (C=O) groups excluding carboxylic acids is 1. The number of benzene rings is 1. The molecule has 1 fully saturated rings. The fraction of sp³-hybridized carbons (Fsp3) is 0.280. The molecule has 0 bridgehead atoms. The molecule has 8 heteroatoms. The molecular weight excluding hydrogens is 419 g/mol. The molecule has 0 aliphatic carbocycles. The van der Waals surface area contributed by atoms with Crippen LogP contribution in [0.5, 0.6) is 0 Å². The Hall–Kier alpha value is -3.65. The number of hydrogen-bond acceptors (Lipinski definition) is 5. The van der Waals surface area contributed by atoms with E-state index in [1.807, 2.05) is 38.2 Å². The molecule has 3 aromatic heterocycles. The van der Waals surface area contributed by atoms with Crippen LogP contribution in [0.3, 0.4) is 0 Å². The van der Waals surface area contributed by atoms with Crippen LogP contribution in [0.4, 0.5) is 4.39 Å². The van der Waals surface area contributed by atoms with Crippen molar-refractivity contribution in [3.05, 3.63) is 65.7 Å². The largest absolute Gasteiger partial charge is 0.344 e. The van der Waals surface area contributed by atoms with Gasteiger partial charge in [0, 0.05) is 49.7 Å². The number of amides is 1. The Balaban J connectivity index is 1.71. The number of nitrogens with zero attached hydrogens (tertiary/aromatic N) is 4. The molecule has 0 saturated carbocycles. The van der Waals surface area contributed by atoms with Gasteiger partial charge in [-0.05, 0) is 66.4 Å². The van der Waals surface area contributed by atoms with Crippen molar-refractivity contribution in [3.63, 3.8) is 0 Å². The van der Waals surface area contributed by atoms with Gasteiger partial charge in [-0.25, -0.2) is 9.37 Å². The van der Waals surface area contributed by atoms with Crippen LogP contribution in [0.1, 0.15) is 21.6 Å². The maximum atomic E-state index is 14.1. The summed E-state index contributed by atoms with van der Waals surface area (Å²) < 4.78 is 15.8. The third kappa shape index (κ3) is 3.76. The SMILES string of the molecule is Cc1cc2nc(C(=O)NC3CNCC3F)cc(-c3ccnn3C)c2c(C)c1-c1ccncc1. The van der Waals surface area contributed by atoms with E-state index in [9.17, 15) is 9.18 Å². The van der Waals surface area contributed by atoms with Crippen molar-refractivity contribution < 1.29 is 9.18 Å². The first-order chi connectivity index (χ1) is 15.9. The smallest absolute Gasteiger partial charge is 0.270 e. The van der Waals surface area contributed by atoms with E-state index in [1.54, 1.807) is 29.3 Å². The molecule has 0 radical (unpaired) electrons. The van der Waals surface area contributed by atoms with Gasteiger partial charge in [0.05, 0.1) is 17.3 Å². The van der Waals surface area contributed by atoms with Crippen LogP contribution in [0.25, 0.3) is 33.3 Å². The predicted octanol–water partition coefficient (Wildman–Crippen LogP) is 3.35. The van der Waals surface area contributed by atoms with E-state index in [-0.39, 0.29) is 18.1 Å². The zero-order chi connectivity index (χ0) is 23.1. The fourth-order valence-corrected chi connectivity index (χ4v) is 4.71. The lowest BCUT2D eigenvalue weighted by Gasteiger charge is -2.18. The van der Waals surface area contributed by atoms with Crippen LogP contribution in [0.15, 0.2) is 48.9 Å². The van der Waals surface area contributed by atoms with Crippen LogP contribution in [0.2, 0.25) is 0 Å². The second kappa shape index (κ2) is 8.37. The molecule has 2 atom stereocenters. The van der Waals surface area contributed by atoms with Crippen LogP contribution >= 0.6 is 0 Å². The number of halogens is 1. The van der Waals surface area contributed by atoms with Gasteiger partial charge in [-0.3, -0.25) is 14.5 Å². The average Bonchev–Trinajstić information content (AvgIpc) is 3.41. The Labute approximate surface area is 191 Å². The summed E-state index contributed by atoms with van der Waals surface area (Å²) in [4.78, 5) is 21.9. The summed E-state index contributed by atoms with van der Waals surface area (Å²) in [5, 5.41) is 11.0. The molecule has 1 aromatic carbocycles. The summed E-state index contributed by atoms with van der Waals surface area (Å²) >= 11 is 0. The number of carbonyl (C=O) groups is 1. The Bertz CT molecular complexity index is 1350. The highest BCUT2D eigenvalue weighted by Crippen LogP contribution is 2.37. The van der Waals surface area contributed by atoms with E-state index in [4.69, 9.17) is 4.98 Å². The molecule has 1 amide bonds. The minimum atomic E-state index is -1.11. The van der Waals surface area contributed by atoms with Crippen LogP contribution in [-0.4, -0.2) is 51.0 Å². The minimum Gasteiger partial charge on any atom is -0.344 e. The number of pyridine rings is 2. The third-order valence-electron chi connectivity index (χ3n) is 6.30. The van der Waals surface area contributed by atoms with Gasteiger partial charge in [0.25, 0.3) is 5.91 Å². The lowest BCUT2D eigenvalue weighted by Crippen LogP contribution is -2.41. The molecular formula is C25H25FN6O. The Morgan fingerprint density at radius 3 is 2.61 bits per heavy atom. The van der Waals surface area contributed by atoms with E-state index in [1.165, 1.54) is 0 Å². The van der Waals surface area contributed by atoms with Crippen molar-refractivity contribution in [2.75, 3.05) is 13.1 Å². The van der Waals surface area contributed by atoms with Crippen molar-refractivity contribution in [3.8, 4) is 22.4 Å². The second-order valence-electron chi connectivity index (χ2n) is 8.47. The first kappa shape index (κ1) is 21.2. The van der Waals surface area contributed by atoms with Crippen LogP contribution in [-0.2, 0) is 7.05 Å². The molecule has 0 spiro atoms. The first-order valence-corrected chi connectivity index (χ1v) is 10.9. The molecule has 1 aliphatic rings. The third-order valence-corrected chi connectivity index (χ3v) is 6.30. The van der Waals surface area contributed by atoms with Crippen LogP contribution in [0, 0.1) is 13.8 Å². The number of aryl methyl sites for hydroxylation is 3. The summed E-state index contributed by atoms with van der Waals surface area (Å²) in [6, 6.07) is 9.12. The van der Waals surface area contributed by atoms with E-state index in [0.29, 0.717) is 12.1 Å². The fourth-order valence-electron chi connectivity index (χ4n) is 4.71. The zero-order valence-corrected chi connectivity index (χ0v) is 18.8. The molecule has 1 saturated heterocycles. The standard InChI is InChI=1S/C25H25FN6O/c1-14-10-19-24(15(2)23(14)16-4-7-27-8-5-16)17(22-6-9-29-32(22)3)11-20(30-19)25(33)31-21-13-28-12-18(21)26/h4-11,18,21,28H,12-13H2,1-3H3,(H,31,33). The topological polar surface area (TPSA) is 84.7 Å². The second-order valence-corrected chi connectivity index (χ2v) is 8.47. The average molecular weight is 445 g/mol. The quantitative estimate of drug-likeness (QED) is 0.504. The van der Waals surface area contributed by atoms with E-state index in [0.717, 1.165) is 38.9 Å². The molecule has 168 valence electrons. The van der Waals surface area contributed by atoms with Gasteiger partial charge in [-0.2, -0.15) is 5.10 Å². The zero-order valence-electron chi connectivity index (χ0n) is 18.8. The van der Waals surface area contributed by atoms with Gasteiger partial charge >= 0.3 is 0 Å². The van der Waals surface area contributed by atoms with Gasteiger partial charge in [-0.1, -0.05) is 0 Å². The number of alkyl halides is 1. The molecule has 2 unspecified atom stereocenters. The summed E-state index contributed by atoms with van der Waals surface area (Å²) in [7, 11) is 1.87. The maximum absolute atomic E-state index is 14.1. The Morgan fingerprint density at radius 2 is 1.94 bits per heavy atom. The summed E-state index contributed by atoms with van der Waals surface area (Å²) in [6.45, 7) is 4.76. The van der Waals surface area contributed by atoms with Gasteiger partial charge in [-0.15, -0.1) is 0 Å². The van der Waals surface area contributed by atoms with Gasteiger partial charge in [0.15, 0.2) is 0 Å². The predicted molar refractivity (Wildman–Crippen MR) is 126 cm³/mol. The molecule has 4 heterocycles. The highest BCUT2D eigenvalue weighted by molar-refractivity contribution is 6.04. The monoisotopic (exact) mass is 444 g/mol. The summed E-state index contributed by atoms with van der Waals surface area (Å²) in [5.41, 5.74) is 7.01. The molecule has 1 aliphatic heterocycles. The molecule has 7 nitrogen and oxygen atoms in total. The Kier molecular flexibility index (Phi) is 5.38. The molecule has 5 rings (SSSR count). The maximum Gasteiger partial charge on any atom is 0.270 e. The number of rotatable bonds is 4. The van der Waals surface area contributed by atoms with Crippen molar-refractivity contribution in [2.24, 2.45) is 7.05 Å². The lowest BCUT2D eigenvalue weighted by atomic mass is 9.90. The molecule has 4 aromatic rings. The highest BCUT2D eigenvalue weighted by Gasteiger charge is 2.29. The van der Waals surface area contributed by atoms with Crippen molar-refractivity contribution in [1.29, 1.82) is 0 Å². The van der Waals surface area contributed by atoms with Crippen molar-refractivity contribution >= 4 is 16.8 Å². The van der Waals surface area contributed by atoms with Gasteiger partial charge in [0.2, 0.25) is 0 Å². The number of aromatic nitrogens is 4.